The van der Waals surface area contributed by atoms with Gasteiger partial charge in [0.1, 0.15) is 0 Å². The zero-order valence-electron chi connectivity index (χ0n) is 6.73. The molecular formula is C10H11NO. The molecule has 2 nitrogen and oxygen atoms in total. The van der Waals surface area contributed by atoms with Gasteiger partial charge in [-0.15, -0.1) is 0 Å². The molecule has 62 valence electrons. The molecule has 0 saturated carbocycles. The van der Waals surface area contributed by atoms with E-state index in [1.165, 1.54) is 6.08 Å². The summed E-state index contributed by atoms with van der Waals surface area (Å²) in [6, 6.07) is 9.64. The Morgan fingerprint density at radius 3 is 2.58 bits per heavy atom. The predicted octanol–water partition coefficient (Wildman–Crippen LogP) is 1.23. The minimum Gasteiger partial charge on any atom is -0.324 e. The summed E-state index contributed by atoms with van der Waals surface area (Å²) in [5.74, 6) is -0.0566. The highest BCUT2D eigenvalue weighted by Crippen LogP contribution is 2.00. The van der Waals surface area contributed by atoms with E-state index in [4.69, 9.17) is 5.73 Å². The van der Waals surface area contributed by atoms with Crippen LogP contribution in [-0.2, 0) is 4.79 Å². The third kappa shape index (κ3) is 2.68. The van der Waals surface area contributed by atoms with Gasteiger partial charge in [0.05, 0.1) is 6.54 Å². The molecule has 0 aliphatic rings. The normalized spacial score (nSPS) is 10.4. The van der Waals surface area contributed by atoms with Gasteiger partial charge in [-0.2, -0.15) is 0 Å². The quantitative estimate of drug-likeness (QED) is 0.677. The fourth-order valence-electron chi connectivity index (χ4n) is 0.821. The minimum atomic E-state index is -0.0566. The Balaban J connectivity index is 2.64. The molecule has 0 fully saturated rings. The molecule has 0 amide bonds. The summed E-state index contributed by atoms with van der Waals surface area (Å²) in [5.41, 5.74) is 6.15. The Labute approximate surface area is 71.7 Å². The van der Waals surface area contributed by atoms with Crippen LogP contribution in [0.25, 0.3) is 6.08 Å². The first-order valence-corrected chi connectivity index (χ1v) is 3.79. The second-order valence-electron chi connectivity index (χ2n) is 2.41. The smallest absolute Gasteiger partial charge is 0.169 e. The molecule has 0 atom stereocenters. The third-order valence-corrected chi connectivity index (χ3v) is 1.46. The van der Waals surface area contributed by atoms with Crippen LogP contribution >= 0.6 is 0 Å². The van der Waals surface area contributed by atoms with E-state index in [-0.39, 0.29) is 12.3 Å². The molecule has 0 aliphatic carbocycles. The van der Waals surface area contributed by atoms with Crippen molar-refractivity contribution in [2.75, 3.05) is 6.54 Å². The number of ketones is 1. The van der Waals surface area contributed by atoms with Crippen molar-refractivity contribution in [3.05, 3.63) is 42.0 Å². The standard InChI is InChI=1S/C10H11NO/c11-8-10(12)7-6-9-4-2-1-3-5-9/h1-7H,8,11H2. The largest absolute Gasteiger partial charge is 0.324 e. The van der Waals surface area contributed by atoms with Crippen molar-refractivity contribution in [1.82, 2.24) is 0 Å². The molecule has 12 heavy (non-hydrogen) atoms. The van der Waals surface area contributed by atoms with Gasteiger partial charge < -0.3 is 5.73 Å². The van der Waals surface area contributed by atoms with Crippen LogP contribution in [0.15, 0.2) is 36.4 Å². The average molecular weight is 161 g/mol. The van der Waals surface area contributed by atoms with Gasteiger partial charge in [0.15, 0.2) is 5.78 Å². The van der Waals surface area contributed by atoms with Crippen molar-refractivity contribution in [2.24, 2.45) is 5.73 Å². The molecule has 1 rings (SSSR count). The van der Waals surface area contributed by atoms with Crippen LogP contribution in [0.2, 0.25) is 0 Å². The van der Waals surface area contributed by atoms with E-state index in [0.717, 1.165) is 5.56 Å². The summed E-state index contributed by atoms with van der Waals surface area (Å²) in [5, 5.41) is 0. The van der Waals surface area contributed by atoms with E-state index in [1.807, 2.05) is 30.3 Å². The summed E-state index contributed by atoms with van der Waals surface area (Å²) < 4.78 is 0. The molecule has 0 spiro atoms. The van der Waals surface area contributed by atoms with E-state index >= 15 is 0 Å². The van der Waals surface area contributed by atoms with Gasteiger partial charge in [0.2, 0.25) is 0 Å². The maximum absolute atomic E-state index is 10.8. The van der Waals surface area contributed by atoms with Gasteiger partial charge in [0.25, 0.3) is 0 Å². The van der Waals surface area contributed by atoms with Crippen molar-refractivity contribution in [3.63, 3.8) is 0 Å². The Kier molecular flexibility index (Phi) is 3.23. The Hall–Kier alpha value is -1.41. The van der Waals surface area contributed by atoms with Crippen LogP contribution in [0.5, 0.6) is 0 Å². The lowest BCUT2D eigenvalue weighted by Gasteiger charge is -1.89. The molecule has 0 unspecified atom stereocenters. The van der Waals surface area contributed by atoms with E-state index in [2.05, 4.69) is 0 Å². The van der Waals surface area contributed by atoms with Crippen LogP contribution in [0.4, 0.5) is 0 Å². The number of carbonyl (C=O) groups excluding carboxylic acids is 1. The lowest BCUT2D eigenvalue weighted by Crippen LogP contribution is -2.09. The van der Waals surface area contributed by atoms with Crippen molar-refractivity contribution in [1.29, 1.82) is 0 Å². The molecule has 0 aliphatic heterocycles. The van der Waals surface area contributed by atoms with Crippen molar-refractivity contribution < 1.29 is 4.79 Å². The van der Waals surface area contributed by atoms with Crippen LogP contribution < -0.4 is 5.73 Å². The van der Waals surface area contributed by atoms with Gasteiger partial charge in [-0.1, -0.05) is 36.4 Å². The highest BCUT2D eigenvalue weighted by Gasteiger charge is 1.89. The fourth-order valence-corrected chi connectivity index (χ4v) is 0.821. The SMILES string of the molecule is NCC(=O)C=Cc1ccccc1. The molecule has 2 heteroatoms. The number of hydrogen-bond acceptors (Lipinski definition) is 2. The molecule has 0 saturated heterocycles. The lowest BCUT2D eigenvalue weighted by molar-refractivity contribution is -0.113. The monoisotopic (exact) mass is 161 g/mol. The molecule has 0 heterocycles. The maximum atomic E-state index is 10.8. The number of carbonyl (C=O) groups is 1. The predicted molar refractivity (Wildman–Crippen MR) is 49.5 cm³/mol. The van der Waals surface area contributed by atoms with Gasteiger partial charge >= 0.3 is 0 Å². The zero-order chi connectivity index (χ0) is 8.81. The maximum Gasteiger partial charge on any atom is 0.169 e. The number of hydrogen-bond donors (Lipinski definition) is 1. The minimum absolute atomic E-state index is 0.0566. The highest BCUT2D eigenvalue weighted by molar-refractivity contribution is 5.94. The number of rotatable bonds is 3. The topological polar surface area (TPSA) is 43.1 Å². The van der Waals surface area contributed by atoms with Crippen LogP contribution in [0.3, 0.4) is 0 Å². The summed E-state index contributed by atoms with van der Waals surface area (Å²) in [6.45, 7) is 0.0728. The highest BCUT2D eigenvalue weighted by atomic mass is 16.1. The van der Waals surface area contributed by atoms with Crippen LogP contribution in [0, 0.1) is 0 Å². The Morgan fingerprint density at radius 2 is 2.00 bits per heavy atom. The molecule has 1 aromatic rings. The second kappa shape index (κ2) is 4.46. The first-order valence-electron chi connectivity index (χ1n) is 3.79. The van der Waals surface area contributed by atoms with Gasteiger partial charge in [-0.05, 0) is 11.6 Å². The van der Waals surface area contributed by atoms with Gasteiger partial charge in [0, 0.05) is 0 Å². The Bertz CT molecular complexity index is 277. The van der Waals surface area contributed by atoms with Crippen molar-refractivity contribution in [3.8, 4) is 0 Å². The summed E-state index contributed by atoms with van der Waals surface area (Å²) in [6.07, 6.45) is 3.25. The van der Waals surface area contributed by atoms with Crippen LogP contribution in [0.1, 0.15) is 5.56 Å². The summed E-state index contributed by atoms with van der Waals surface area (Å²) >= 11 is 0. The van der Waals surface area contributed by atoms with E-state index < -0.39 is 0 Å². The first-order chi connectivity index (χ1) is 5.83. The summed E-state index contributed by atoms with van der Waals surface area (Å²) in [4.78, 5) is 10.8. The summed E-state index contributed by atoms with van der Waals surface area (Å²) in [7, 11) is 0. The third-order valence-electron chi connectivity index (χ3n) is 1.46. The first kappa shape index (κ1) is 8.68. The molecule has 0 aromatic heterocycles. The molecular weight excluding hydrogens is 150 g/mol. The average Bonchev–Trinajstić information content (AvgIpc) is 2.16. The van der Waals surface area contributed by atoms with Crippen molar-refractivity contribution in [2.45, 2.75) is 0 Å². The zero-order valence-corrected chi connectivity index (χ0v) is 6.73. The van der Waals surface area contributed by atoms with E-state index in [1.54, 1.807) is 6.08 Å². The Morgan fingerprint density at radius 1 is 1.33 bits per heavy atom. The molecule has 2 N–H and O–H groups in total. The van der Waals surface area contributed by atoms with Gasteiger partial charge in [-0.3, -0.25) is 4.79 Å². The fraction of sp³-hybridized carbons (Fsp3) is 0.100. The second-order valence-corrected chi connectivity index (χ2v) is 2.41. The lowest BCUT2D eigenvalue weighted by atomic mass is 10.2. The molecule has 0 bridgehead atoms. The van der Waals surface area contributed by atoms with E-state index in [0.29, 0.717) is 0 Å². The number of benzene rings is 1. The molecule has 0 radical (unpaired) electrons. The van der Waals surface area contributed by atoms with Gasteiger partial charge in [-0.25, -0.2) is 0 Å². The molecule has 1 aromatic carbocycles. The van der Waals surface area contributed by atoms with Crippen molar-refractivity contribution >= 4 is 11.9 Å². The van der Waals surface area contributed by atoms with Crippen LogP contribution in [-0.4, -0.2) is 12.3 Å². The number of nitrogens with two attached hydrogens (primary N) is 1. The van der Waals surface area contributed by atoms with E-state index in [9.17, 15) is 4.79 Å².